The van der Waals surface area contributed by atoms with Crippen LogP contribution in [0.15, 0.2) is 23.0 Å². The third kappa shape index (κ3) is 1.36. The number of hydrogen-bond acceptors (Lipinski definition) is 3. The van der Waals surface area contributed by atoms with Gasteiger partial charge < -0.3 is 10.7 Å². The van der Waals surface area contributed by atoms with Crippen LogP contribution in [-0.2, 0) is 0 Å². The Bertz CT molecular complexity index is 520. The van der Waals surface area contributed by atoms with E-state index in [0.29, 0.717) is 16.1 Å². The van der Waals surface area contributed by atoms with Gasteiger partial charge in [-0.3, -0.25) is 4.79 Å². The molecule has 0 amide bonds. The highest BCUT2D eigenvalue weighted by atomic mass is 35.5. The summed E-state index contributed by atoms with van der Waals surface area (Å²) in [4.78, 5) is 17.5. The van der Waals surface area contributed by atoms with E-state index in [1.807, 2.05) is 0 Å². The van der Waals surface area contributed by atoms with Crippen LogP contribution in [0.4, 0.5) is 5.82 Å². The van der Waals surface area contributed by atoms with E-state index < -0.39 is 5.56 Å². The minimum atomic E-state index is -0.394. The first kappa shape index (κ1) is 8.07. The highest BCUT2D eigenvalue weighted by Gasteiger charge is 2.00. The molecule has 0 fully saturated rings. The molecule has 0 aliphatic rings. The highest BCUT2D eigenvalue weighted by molar-refractivity contribution is 6.31. The number of anilines is 1. The Balaban J connectivity index is 2.89. The van der Waals surface area contributed by atoms with E-state index in [1.165, 1.54) is 0 Å². The first-order chi connectivity index (χ1) is 6.16. The maximum absolute atomic E-state index is 11.1. The molecule has 2 rings (SSSR count). The van der Waals surface area contributed by atoms with Crippen molar-refractivity contribution < 1.29 is 0 Å². The van der Waals surface area contributed by atoms with Gasteiger partial charge in [-0.2, -0.15) is 0 Å². The molecule has 0 aliphatic carbocycles. The number of nitrogens with two attached hydrogens (primary N) is 1. The van der Waals surface area contributed by atoms with Gasteiger partial charge in [-0.1, -0.05) is 11.6 Å². The van der Waals surface area contributed by atoms with E-state index in [9.17, 15) is 4.79 Å². The molecule has 0 bridgehead atoms. The molecule has 66 valence electrons. The first-order valence-corrected chi connectivity index (χ1v) is 3.99. The first-order valence-electron chi connectivity index (χ1n) is 3.62. The zero-order valence-electron chi connectivity index (χ0n) is 6.54. The molecule has 0 saturated carbocycles. The van der Waals surface area contributed by atoms with Crippen molar-refractivity contribution in [3.8, 4) is 0 Å². The van der Waals surface area contributed by atoms with Crippen LogP contribution >= 0.6 is 11.6 Å². The van der Waals surface area contributed by atoms with Crippen molar-refractivity contribution in [2.45, 2.75) is 0 Å². The molecule has 2 aromatic rings. The Kier molecular flexibility index (Phi) is 1.70. The smallest absolute Gasteiger partial charge is 0.290 e. The third-order valence-corrected chi connectivity index (χ3v) is 1.92. The predicted octanol–water partition coefficient (Wildman–Crippen LogP) is 1.16. The number of rotatable bonds is 0. The summed E-state index contributed by atoms with van der Waals surface area (Å²) in [7, 11) is 0. The van der Waals surface area contributed by atoms with Crippen molar-refractivity contribution in [1.82, 2.24) is 9.97 Å². The van der Waals surface area contributed by atoms with E-state index in [-0.39, 0.29) is 5.82 Å². The minimum absolute atomic E-state index is 0.0326. The molecule has 0 radical (unpaired) electrons. The van der Waals surface area contributed by atoms with Gasteiger partial charge in [-0.25, -0.2) is 4.98 Å². The summed E-state index contributed by atoms with van der Waals surface area (Å²) in [6, 6.07) is 5.02. The molecule has 4 nitrogen and oxygen atoms in total. The molecule has 0 atom stereocenters. The molecule has 1 aromatic carbocycles. The second-order valence-electron chi connectivity index (χ2n) is 2.61. The Labute approximate surface area is 78.4 Å². The summed E-state index contributed by atoms with van der Waals surface area (Å²) >= 11 is 5.73. The Morgan fingerprint density at radius 2 is 2.23 bits per heavy atom. The summed E-state index contributed by atoms with van der Waals surface area (Å²) in [5.41, 5.74) is 6.16. The van der Waals surface area contributed by atoms with Gasteiger partial charge in [-0.05, 0) is 18.2 Å². The second kappa shape index (κ2) is 2.74. The van der Waals surface area contributed by atoms with Gasteiger partial charge in [0.05, 0.1) is 11.0 Å². The van der Waals surface area contributed by atoms with Crippen LogP contribution < -0.4 is 11.3 Å². The molecule has 0 unspecified atom stereocenters. The van der Waals surface area contributed by atoms with Gasteiger partial charge in [0.1, 0.15) is 0 Å². The number of nitrogens with zero attached hydrogens (tertiary/aromatic N) is 1. The van der Waals surface area contributed by atoms with Crippen LogP contribution in [0.25, 0.3) is 11.0 Å². The molecule has 13 heavy (non-hydrogen) atoms. The van der Waals surface area contributed by atoms with Crippen molar-refractivity contribution in [3.63, 3.8) is 0 Å². The van der Waals surface area contributed by atoms with Gasteiger partial charge in [0.25, 0.3) is 5.56 Å². The summed E-state index contributed by atoms with van der Waals surface area (Å²) in [6.07, 6.45) is 0. The lowest BCUT2D eigenvalue weighted by Gasteiger charge is -1.98. The van der Waals surface area contributed by atoms with Gasteiger partial charge in [0.2, 0.25) is 0 Å². The number of fused-ring (bicyclic) bond motifs is 1. The molecule has 5 heteroatoms. The van der Waals surface area contributed by atoms with Gasteiger partial charge >= 0.3 is 0 Å². The summed E-state index contributed by atoms with van der Waals surface area (Å²) in [5.74, 6) is -0.0326. The SMILES string of the molecule is Nc1nc2ccc(Cl)cc2[nH]c1=O. The Morgan fingerprint density at radius 3 is 3.00 bits per heavy atom. The minimum Gasteiger partial charge on any atom is -0.379 e. The highest BCUT2D eigenvalue weighted by Crippen LogP contribution is 2.14. The lowest BCUT2D eigenvalue weighted by atomic mass is 10.3. The number of hydrogen-bond donors (Lipinski definition) is 2. The normalized spacial score (nSPS) is 10.5. The monoisotopic (exact) mass is 195 g/mol. The average Bonchev–Trinajstić information content (AvgIpc) is 2.08. The van der Waals surface area contributed by atoms with Crippen LogP contribution in [0, 0.1) is 0 Å². The van der Waals surface area contributed by atoms with Gasteiger partial charge in [-0.15, -0.1) is 0 Å². The van der Waals surface area contributed by atoms with Crippen LogP contribution in [0.3, 0.4) is 0 Å². The zero-order valence-corrected chi connectivity index (χ0v) is 7.30. The van der Waals surface area contributed by atoms with Crippen LogP contribution in [0.5, 0.6) is 0 Å². The third-order valence-electron chi connectivity index (χ3n) is 1.68. The van der Waals surface area contributed by atoms with E-state index >= 15 is 0 Å². The van der Waals surface area contributed by atoms with Crippen LogP contribution in [0.1, 0.15) is 0 Å². The topological polar surface area (TPSA) is 71.8 Å². The number of nitrogens with one attached hydrogen (secondary N) is 1. The number of benzene rings is 1. The van der Waals surface area contributed by atoms with Crippen molar-refractivity contribution in [2.75, 3.05) is 5.73 Å². The standard InChI is InChI=1S/C8H6ClN3O/c9-4-1-2-5-6(3-4)12-8(13)7(10)11-5/h1-3H,(H2,10,11)(H,12,13). The van der Waals surface area contributed by atoms with E-state index in [0.717, 1.165) is 0 Å². The van der Waals surface area contributed by atoms with Crippen molar-refractivity contribution in [3.05, 3.63) is 33.6 Å². The van der Waals surface area contributed by atoms with Gasteiger partial charge in [0.15, 0.2) is 5.82 Å². The maximum Gasteiger partial charge on any atom is 0.290 e. The fourth-order valence-corrected chi connectivity index (χ4v) is 1.24. The van der Waals surface area contributed by atoms with Crippen molar-refractivity contribution in [2.24, 2.45) is 0 Å². The molecule has 1 heterocycles. The van der Waals surface area contributed by atoms with Crippen LogP contribution in [-0.4, -0.2) is 9.97 Å². The van der Waals surface area contributed by atoms with E-state index in [1.54, 1.807) is 18.2 Å². The molecule has 3 N–H and O–H groups in total. The predicted molar refractivity (Wildman–Crippen MR) is 51.8 cm³/mol. The van der Waals surface area contributed by atoms with Crippen LogP contribution in [0.2, 0.25) is 5.02 Å². The fourth-order valence-electron chi connectivity index (χ4n) is 1.07. The molecule has 0 aliphatic heterocycles. The Hall–Kier alpha value is -1.55. The second-order valence-corrected chi connectivity index (χ2v) is 3.05. The largest absolute Gasteiger partial charge is 0.379 e. The van der Waals surface area contributed by atoms with Crippen molar-refractivity contribution in [1.29, 1.82) is 0 Å². The van der Waals surface area contributed by atoms with Crippen molar-refractivity contribution >= 4 is 28.5 Å². The van der Waals surface area contributed by atoms with Gasteiger partial charge in [0, 0.05) is 5.02 Å². The number of H-pyrrole nitrogens is 1. The zero-order chi connectivity index (χ0) is 9.42. The number of halogens is 1. The maximum atomic E-state index is 11.1. The quantitative estimate of drug-likeness (QED) is 0.663. The lowest BCUT2D eigenvalue weighted by Crippen LogP contribution is -2.13. The Morgan fingerprint density at radius 1 is 1.46 bits per heavy atom. The molecular weight excluding hydrogens is 190 g/mol. The van der Waals surface area contributed by atoms with E-state index in [2.05, 4.69) is 9.97 Å². The lowest BCUT2D eigenvalue weighted by molar-refractivity contribution is 1.23. The molecule has 1 aromatic heterocycles. The number of aromatic amines is 1. The van der Waals surface area contributed by atoms with E-state index in [4.69, 9.17) is 17.3 Å². The molecule has 0 spiro atoms. The fraction of sp³-hybridized carbons (Fsp3) is 0. The average molecular weight is 196 g/mol. The number of nitrogen functional groups attached to an aromatic ring is 1. The molecular formula is C8H6ClN3O. The summed E-state index contributed by atoms with van der Waals surface area (Å²) < 4.78 is 0. The summed E-state index contributed by atoms with van der Waals surface area (Å²) in [6.45, 7) is 0. The number of aromatic nitrogens is 2. The molecule has 0 saturated heterocycles. The summed E-state index contributed by atoms with van der Waals surface area (Å²) in [5, 5.41) is 0.551.